The van der Waals surface area contributed by atoms with E-state index in [1.54, 1.807) is 20.8 Å². The average Bonchev–Trinajstić information content (AvgIpc) is 2.93. The highest BCUT2D eigenvalue weighted by Gasteiger charge is 2.37. The molecule has 6 nitrogen and oxygen atoms in total. The molecule has 6 heteroatoms. The van der Waals surface area contributed by atoms with Crippen LogP contribution in [-0.2, 0) is 11.3 Å². The van der Waals surface area contributed by atoms with E-state index in [4.69, 9.17) is 4.74 Å². The van der Waals surface area contributed by atoms with Crippen molar-refractivity contribution in [3.05, 3.63) is 35.5 Å². The highest BCUT2D eigenvalue weighted by Crippen LogP contribution is 2.36. The number of para-hydroxylation sites is 1. The van der Waals surface area contributed by atoms with Crippen molar-refractivity contribution in [3.63, 3.8) is 0 Å². The number of aldehydes is 1. The van der Waals surface area contributed by atoms with Gasteiger partial charge in [0, 0.05) is 23.0 Å². The van der Waals surface area contributed by atoms with Crippen molar-refractivity contribution in [3.8, 4) is 0 Å². The minimum Gasteiger partial charge on any atom is -0.444 e. The summed E-state index contributed by atoms with van der Waals surface area (Å²) in [6.45, 7) is 5.72. The Bertz CT molecular complexity index is 773. The van der Waals surface area contributed by atoms with E-state index >= 15 is 0 Å². The highest BCUT2D eigenvalue weighted by atomic mass is 16.6. The van der Waals surface area contributed by atoms with Gasteiger partial charge in [-0.05, 0) is 26.8 Å². The molecule has 0 unspecified atom stereocenters. The third-order valence-corrected chi connectivity index (χ3v) is 3.91. The molecule has 2 aromatic rings. The predicted molar refractivity (Wildman–Crippen MR) is 85.4 cm³/mol. The molecule has 0 aliphatic carbocycles. The van der Waals surface area contributed by atoms with E-state index in [2.05, 4.69) is 5.32 Å². The Morgan fingerprint density at radius 3 is 2.74 bits per heavy atom. The van der Waals surface area contributed by atoms with Gasteiger partial charge < -0.3 is 19.7 Å². The molecule has 0 saturated carbocycles. The molecule has 2 heterocycles. The molecule has 1 aliphatic rings. The number of amides is 1. The second-order valence-corrected chi connectivity index (χ2v) is 6.74. The SMILES string of the molecule is CC(C)(C)OC(=O)N[C@H]1Cn2c(c(C=O)c3ccccc32)[C@@H]1O. The molecule has 0 fully saturated rings. The molecule has 23 heavy (non-hydrogen) atoms. The number of alkyl carbamates (subject to hydrolysis) is 1. The molecule has 0 radical (unpaired) electrons. The number of carbonyl (C=O) groups is 2. The Morgan fingerprint density at radius 2 is 2.09 bits per heavy atom. The van der Waals surface area contributed by atoms with Gasteiger partial charge in [0.2, 0.25) is 0 Å². The van der Waals surface area contributed by atoms with Gasteiger partial charge in [-0.2, -0.15) is 0 Å². The van der Waals surface area contributed by atoms with E-state index in [1.807, 2.05) is 28.8 Å². The Kier molecular flexibility index (Phi) is 3.64. The van der Waals surface area contributed by atoms with Crippen LogP contribution >= 0.6 is 0 Å². The lowest BCUT2D eigenvalue weighted by molar-refractivity contribution is 0.0436. The molecule has 0 spiro atoms. The van der Waals surface area contributed by atoms with E-state index in [1.165, 1.54) is 0 Å². The predicted octanol–water partition coefficient (Wildman–Crippen LogP) is 2.39. The second-order valence-electron chi connectivity index (χ2n) is 6.74. The first kappa shape index (κ1) is 15.6. The van der Waals surface area contributed by atoms with Crippen molar-refractivity contribution in [2.45, 2.75) is 45.1 Å². The van der Waals surface area contributed by atoms with Crippen LogP contribution in [0.25, 0.3) is 10.9 Å². The third-order valence-electron chi connectivity index (χ3n) is 3.91. The summed E-state index contributed by atoms with van der Waals surface area (Å²) in [4.78, 5) is 23.4. The van der Waals surface area contributed by atoms with Crippen LogP contribution in [0.2, 0.25) is 0 Å². The molecule has 0 bridgehead atoms. The summed E-state index contributed by atoms with van der Waals surface area (Å²) in [6, 6.07) is 6.96. The number of nitrogens with one attached hydrogen (secondary N) is 1. The van der Waals surface area contributed by atoms with E-state index in [0.717, 1.165) is 17.2 Å². The Labute approximate surface area is 134 Å². The Hall–Kier alpha value is -2.34. The molecule has 3 rings (SSSR count). The molecular formula is C17H20N2O4. The minimum atomic E-state index is -0.949. The number of hydrogen-bond acceptors (Lipinski definition) is 4. The van der Waals surface area contributed by atoms with E-state index < -0.39 is 23.8 Å². The number of carbonyl (C=O) groups excluding carboxylic acids is 2. The summed E-state index contributed by atoms with van der Waals surface area (Å²) >= 11 is 0. The molecule has 2 atom stereocenters. The maximum atomic E-state index is 11.9. The van der Waals surface area contributed by atoms with Crippen LogP contribution in [0, 0.1) is 0 Å². The lowest BCUT2D eigenvalue weighted by Gasteiger charge is -2.23. The highest BCUT2D eigenvalue weighted by molar-refractivity contribution is 6.00. The fourth-order valence-corrected chi connectivity index (χ4v) is 3.06. The van der Waals surface area contributed by atoms with Crippen molar-refractivity contribution < 1.29 is 19.4 Å². The van der Waals surface area contributed by atoms with Crippen molar-refractivity contribution in [2.75, 3.05) is 0 Å². The first-order valence-electron chi connectivity index (χ1n) is 7.55. The smallest absolute Gasteiger partial charge is 0.408 e. The number of benzene rings is 1. The summed E-state index contributed by atoms with van der Waals surface area (Å²) in [5.74, 6) is 0. The zero-order valence-electron chi connectivity index (χ0n) is 13.4. The summed E-state index contributed by atoms with van der Waals surface area (Å²) in [7, 11) is 0. The summed E-state index contributed by atoms with van der Waals surface area (Å²) in [6.07, 6.45) is -0.771. The van der Waals surface area contributed by atoms with Gasteiger partial charge >= 0.3 is 6.09 Å². The van der Waals surface area contributed by atoms with Gasteiger partial charge in [-0.3, -0.25) is 4.79 Å². The molecular weight excluding hydrogens is 296 g/mol. The van der Waals surface area contributed by atoms with Crippen LogP contribution in [0.15, 0.2) is 24.3 Å². The number of hydrogen-bond donors (Lipinski definition) is 2. The number of aliphatic hydroxyl groups is 1. The lowest BCUT2D eigenvalue weighted by Crippen LogP contribution is -2.41. The number of aromatic nitrogens is 1. The quantitative estimate of drug-likeness (QED) is 0.834. The Morgan fingerprint density at radius 1 is 1.39 bits per heavy atom. The van der Waals surface area contributed by atoms with Gasteiger partial charge in [-0.15, -0.1) is 0 Å². The standard InChI is InChI=1S/C17H20N2O4/c1-17(2,3)23-16(22)18-12-8-19-13-7-5-4-6-10(13)11(9-20)14(19)15(12)21/h4-7,9,12,15,21H,8H2,1-3H3,(H,18,22)/t12-,15+/m0/s1. The fraction of sp³-hybridized carbons (Fsp3) is 0.412. The largest absolute Gasteiger partial charge is 0.444 e. The number of ether oxygens (including phenoxy) is 1. The van der Waals surface area contributed by atoms with Crippen LogP contribution in [0.4, 0.5) is 4.79 Å². The van der Waals surface area contributed by atoms with Crippen LogP contribution in [-0.4, -0.2) is 33.7 Å². The van der Waals surface area contributed by atoms with Crippen LogP contribution in [0.5, 0.6) is 0 Å². The van der Waals surface area contributed by atoms with E-state index in [-0.39, 0.29) is 0 Å². The molecule has 1 amide bonds. The zero-order valence-corrected chi connectivity index (χ0v) is 13.4. The number of fused-ring (bicyclic) bond motifs is 3. The second kappa shape index (κ2) is 5.38. The van der Waals surface area contributed by atoms with Crippen molar-refractivity contribution in [1.29, 1.82) is 0 Å². The maximum Gasteiger partial charge on any atom is 0.408 e. The van der Waals surface area contributed by atoms with Crippen molar-refractivity contribution in [2.24, 2.45) is 0 Å². The molecule has 1 aromatic heterocycles. The summed E-state index contributed by atoms with van der Waals surface area (Å²) < 4.78 is 7.11. The molecule has 1 aromatic carbocycles. The van der Waals surface area contributed by atoms with Gasteiger partial charge in [0.25, 0.3) is 0 Å². The van der Waals surface area contributed by atoms with Crippen LogP contribution in [0.1, 0.15) is 42.9 Å². The number of rotatable bonds is 2. The molecule has 122 valence electrons. The Balaban J connectivity index is 1.89. The van der Waals surface area contributed by atoms with E-state index in [0.29, 0.717) is 17.8 Å². The first-order chi connectivity index (χ1) is 10.8. The van der Waals surface area contributed by atoms with Gasteiger partial charge in [-0.1, -0.05) is 18.2 Å². The third kappa shape index (κ3) is 2.70. The average molecular weight is 316 g/mol. The van der Waals surface area contributed by atoms with Gasteiger partial charge in [-0.25, -0.2) is 4.79 Å². The summed E-state index contributed by atoms with van der Waals surface area (Å²) in [5, 5.41) is 14.0. The van der Waals surface area contributed by atoms with Gasteiger partial charge in [0.1, 0.15) is 11.7 Å². The fourth-order valence-electron chi connectivity index (χ4n) is 3.06. The zero-order chi connectivity index (χ0) is 16.8. The van der Waals surface area contributed by atoms with Crippen LogP contribution in [0.3, 0.4) is 0 Å². The van der Waals surface area contributed by atoms with Gasteiger partial charge in [0.15, 0.2) is 6.29 Å². The summed E-state index contributed by atoms with van der Waals surface area (Å²) in [5.41, 5.74) is 1.28. The number of aliphatic hydroxyl groups excluding tert-OH is 1. The van der Waals surface area contributed by atoms with Crippen LogP contribution < -0.4 is 5.32 Å². The first-order valence-corrected chi connectivity index (χ1v) is 7.55. The molecule has 1 aliphatic heterocycles. The monoisotopic (exact) mass is 316 g/mol. The van der Waals surface area contributed by atoms with Crippen molar-refractivity contribution >= 4 is 23.3 Å². The normalized spacial score (nSPS) is 20.3. The molecule has 2 N–H and O–H groups in total. The molecule has 0 saturated heterocycles. The van der Waals surface area contributed by atoms with Gasteiger partial charge in [0.05, 0.1) is 11.7 Å². The van der Waals surface area contributed by atoms with E-state index in [9.17, 15) is 14.7 Å². The topological polar surface area (TPSA) is 80.6 Å². The number of nitrogens with zero attached hydrogens (tertiary/aromatic N) is 1. The lowest BCUT2D eigenvalue weighted by atomic mass is 10.1. The maximum absolute atomic E-state index is 11.9. The van der Waals surface area contributed by atoms with Crippen molar-refractivity contribution in [1.82, 2.24) is 9.88 Å². The minimum absolute atomic E-state index is 0.393.